The Morgan fingerprint density at radius 2 is 1.86 bits per heavy atom. The van der Waals surface area contributed by atoms with Crippen LogP contribution in [0.5, 0.6) is 0 Å². The number of carbonyl (C=O) groups is 2. The maximum absolute atomic E-state index is 11.9. The van der Waals surface area contributed by atoms with Crippen LogP contribution in [0.1, 0.15) is 5.56 Å². The molecule has 114 valence electrons. The normalized spacial score (nSPS) is 15.8. The maximum atomic E-state index is 11.9. The SMILES string of the molecule is CN1CCN(C(=O)COC(=O)Cc2ccccc2N)CC1. The van der Waals surface area contributed by atoms with Gasteiger partial charge in [0.15, 0.2) is 6.61 Å². The van der Waals surface area contributed by atoms with Crippen LogP contribution in [0, 0.1) is 0 Å². The van der Waals surface area contributed by atoms with E-state index in [0.717, 1.165) is 18.7 Å². The summed E-state index contributed by atoms with van der Waals surface area (Å²) in [5.41, 5.74) is 7.04. The first kappa shape index (κ1) is 15.3. The summed E-state index contributed by atoms with van der Waals surface area (Å²) >= 11 is 0. The molecular formula is C15H21N3O3. The number of nitrogen functional groups attached to an aromatic ring is 1. The van der Waals surface area contributed by atoms with Gasteiger partial charge in [-0.3, -0.25) is 9.59 Å². The summed E-state index contributed by atoms with van der Waals surface area (Å²) in [5.74, 6) is -0.576. The second-order valence-electron chi connectivity index (χ2n) is 5.22. The summed E-state index contributed by atoms with van der Waals surface area (Å²) in [4.78, 5) is 27.6. The molecule has 0 aromatic heterocycles. The molecule has 2 N–H and O–H groups in total. The molecular weight excluding hydrogens is 270 g/mol. The first-order valence-corrected chi connectivity index (χ1v) is 7.01. The summed E-state index contributed by atoms with van der Waals surface area (Å²) in [6.07, 6.45) is 0.0860. The second-order valence-corrected chi connectivity index (χ2v) is 5.22. The zero-order chi connectivity index (χ0) is 15.2. The van der Waals surface area contributed by atoms with Crippen molar-refractivity contribution in [2.75, 3.05) is 45.6 Å². The van der Waals surface area contributed by atoms with Crippen molar-refractivity contribution < 1.29 is 14.3 Å². The number of rotatable bonds is 4. The molecule has 0 bridgehead atoms. The second kappa shape index (κ2) is 7.08. The number of ether oxygens (including phenoxy) is 1. The Morgan fingerprint density at radius 3 is 2.52 bits per heavy atom. The number of amides is 1. The smallest absolute Gasteiger partial charge is 0.310 e. The number of benzene rings is 1. The molecule has 6 nitrogen and oxygen atoms in total. The van der Waals surface area contributed by atoms with Gasteiger partial charge in [-0.15, -0.1) is 0 Å². The number of nitrogens with two attached hydrogens (primary N) is 1. The first-order chi connectivity index (χ1) is 10.1. The third-order valence-corrected chi connectivity index (χ3v) is 3.60. The van der Waals surface area contributed by atoms with Gasteiger partial charge in [-0.2, -0.15) is 0 Å². The summed E-state index contributed by atoms with van der Waals surface area (Å²) in [5, 5.41) is 0. The Bertz CT molecular complexity index is 511. The van der Waals surface area contributed by atoms with Gasteiger partial charge in [0.1, 0.15) is 0 Å². The van der Waals surface area contributed by atoms with E-state index in [4.69, 9.17) is 10.5 Å². The molecule has 1 saturated heterocycles. The molecule has 1 aromatic rings. The van der Waals surface area contributed by atoms with Crippen LogP contribution in [-0.2, 0) is 20.7 Å². The van der Waals surface area contributed by atoms with Crippen molar-refractivity contribution >= 4 is 17.6 Å². The van der Waals surface area contributed by atoms with Crippen LogP contribution in [0.25, 0.3) is 0 Å². The molecule has 1 fully saturated rings. The molecule has 1 amide bonds. The van der Waals surface area contributed by atoms with E-state index in [-0.39, 0.29) is 18.9 Å². The van der Waals surface area contributed by atoms with E-state index in [0.29, 0.717) is 18.8 Å². The van der Waals surface area contributed by atoms with E-state index in [9.17, 15) is 9.59 Å². The summed E-state index contributed by atoms with van der Waals surface area (Å²) < 4.78 is 5.04. The van der Waals surface area contributed by atoms with Gasteiger partial charge >= 0.3 is 5.97 Å². The first-order valence-electron chi connectivity index (χ1n) is 7.01. The van der Waals surface area contributed by atoms with Crippen molar-refractivity contribution in [2.45, 2.75) is 6.42 Å². The molecule has 0 saturated carbocycles. The average molecular weight is 291 g/mol. The highest BCUT2D eigenvalue weighted by Crippen LogP contribution is 2.11. The van der Waals surface area contributed by atoms with Crippen LogP contribution >= 0.6 is 0 Å². The van der Waals surface area contributed by atoms with Gasteiger partial charge in [0.05, 0.1) is 6.42 Å². The molecule has 1 aliphatic rings. The number of nitrogens with zero attached hydrogens (tertiary/aromatic N) is 2. The largest absolute Gasteiger partial charge is 0.455 e. The van der Waals surface area contributed by atoms with Crippen molar-refractivity contribution in [3.63, 3.8) is 0 Å². The summed E-state index contributed by atoms with van der Waals surface area (Å²) in [6, 6.07) is 7.13. The monoisotopic (exact) mass is 291 g/mol. The lowest BCUT2D eigenvalue weighted by atomic mass is 10.1. The van der Waals surface area contributed by atoms with E-state index in [1.807, 2.05) is 13.1 Å². The number of esters is 1. The fourth-order valence-corrected chi connectivity index (χ4v) is 2.19. The number of anilines is 1. The molecule has 1 aliphatic heterocycles. The Kier molecular flexibility index (Phi) is 5.16. The fraction of sp³-hybridized carbons (Fsp3) is 0.467. The lowest BCUT2D eigenvalue weighted by Gasteiger charge is -2.32. The molecule has 21 heavy (non-hydrogen) atoms. The van der Waals surface area contributed by atoms with Gasteiger partial charge in [-0.25, -0.2) is 0 Å². The highest BCUT2D eigenvalue weighted by molar-refractivity contribution is 5.82. The molecule has 1 aromatic carbocycles. The van der Waals surface area contributed by atoms with Gasteiger partial charge in [0, 0.05) is 31.9 Å². The van der Waals surface area contributed by atoms with Crippen LogP contribution in [-0.4, -0.2) is 61.5 Å². The van der Waals surface area contributed by atoms with Crippen LogP contribution < -0.4 is 5.73 Å². The number of hydrogen-bond donors (Lipinski definition) is 1. The molecule has 6 heteroatoms. The maximum Gasteiger partial charge on any atom is 0.310 e. The molecule has 0 aliphatic carbocycles. The van der Waals surface area contributed by atoms with Crippen molar-refractivity contribution in [1.29, 1.82) is 0 Å². The van der Waals surface area contributed by atoms with Gasteiger partial charge in [0.25, 0.3) is 5.91 Å². The molecule has 0 spiro atoms. The zero-order valence-corrected chi connectivity index (χ0v) is 12.2. The van der Waals surface area contributed by atoms with Crippen LogP contribution in [0.15, 0.2) is 24.3 Å². The van der Waals surface area contributed by atoms with Crippen LogP contribution in [0.2, 0.25) is 0 Å². The van der Waals surface area contributed by atoms with Crippen molar-refractivity contribution in [1.82, 2.24) is 9.80 Å². The summed E-state index contributed by atoms with van der Waals surface area (Å²) in [6.45, 7) is 2.85. The van der Waals surface area contributed by atoms with E-state index < -0.39 is 5.97 Å². The van der Waals surface area contributed by atoms with E-state index in [2.05, 4.69) is 4.90 Å². The molecule has 1 heterocycles. The lowest BCUT2D eigenvalue weighted by Crippen LogP contribution is -2.48. The number of likely N-dealkylation sites (N-methyl/N-ethyl adjacent to an activating group) is 1. The van der Waals surface area contributed by atoms with Gasteiger partial charge in [-0.1, -0.05) is 18.2 Å². The predicted octanol–water partition coefficient (Wildman–Crippen LogP) is 0.129. The molecule has 0 atom stereocenters. The number of para-hydroxylation sites is 1. The zero-order valence-electron chi connectivity index (χ0n) is 12.2. The quantitative estimate of drug-likeness (QED) is 0.630. The van der Waals surface area contributed by atoms with E-state index in [1.165, 1.54) is 0 Å². The topological polar surface area (TPSA) is 75.9 Å². The third-order valence-electron chi connectivity index (χ3n) is 3.60. The minimum atomic E-state index is -0.435. The van der Waals surface area contributed by atoms with Crippen LogP contribution in [0.3, 0.4) is 0 Å². The number of piperazine rings is 1. The van der Waals surface area contributed by atoms with Crippen molar-refractivity contribution in [3.05, 3.63) is 29.8 Å². The predicted molar refractivity (Wildman–Crippen MR) is 79.6 cm³/mol. The van der Waals surface area contributed by atoms with Gasteiger partial charge in [0.2, 0.25) is 0 Å². The highest BCUT2D eigenvalue weighted by Gasteiger charge is 2.20. The Labute approximate surface area is 124 Å². The number of carbonyl (C=O) groups excluding carboxylic acids is 2. The minimum absolute atomic E-state index is 0.0860. The number of hydrogen-bond acceptors (Lipinski definition) is 5. The Morgan fingerprint density at radius 1 is 1.19 bits per heavy atom. The Balaban J connectivity index is 1.76. The van der Waals surface area contributed by atoms with E-state index in [1.54, 1.807) is 23.1 Å². The van der Waals surface area contributed by atoms with Gasteiger partial charge < -0.3 is 20.3 Å². The third kappa shape index (κ3) is 4.46. The molecule has 2 rings (SSSR count). The van der Waals surface area contributed by atoms with Crippen molar-refractivity contribution in [3.8, 4) is 0 Å². The minimum Gasteiger partial charge on any atom is -0.455 e. The Hall–Kier alpha value is -2.08. The summed E-state index contributed by atoms with van der Waals surface area (Å²) in [7, 11) is 2.02. The van der Waals surface area contributed by atoms with Crippen LogP contribution in [0.4, 0.5) is 5.69 Å². The average Bonchev–Trinajstić information content (AvgIpc) is 2.48. The standard InChI is InChI=1S/C15H21N3O3/c1-17-6-8-18(9-7-17)14(19)11-21-15(20)10-12-4-2-3-5-13(12)16/h2-5H,6-11,16H2,1H3. The van der Waals surface area contributed by atoms with Crippen molar-refractivity contribution in [2.24, 2.45) is 0 Å². The highest BCUT2D eigenvalue weighted by atomic mass is 16.5. The molecule has 0 radical (unpaired) electrons. The lowest BCUT2D eigenvalue weighted by molar-refractivity contribution is -0.152. The van der Waals surface area contributed by atoms with Gasteiger partial charge in [-0.05, 0) is 18.7 Å². The fourth-order valence-electron chi connectivity index (χ4n) is 2.19. The molecule has 0 unspecified atom stereocenters. The van der Waals surface area contributed by atoms with E-state index >= 15 is 0 Å².